The quantitative estimate of drug-likeness (QED) is 0.535. The predicted molar refractivity (Wildman–Crippen MR) is 52.5 cm³/mol. The summed E-state index contributed by atoms with van der Waals surface area (Å²) < 4.78 is 26.6. The van der Waals surface area contributed by atoms with Crippen molar-refractivity contribution in [3.8, 4) is 0 Å². The first-order chi connectivity index (χ1) is 6.02. The summed E-state index contributed by atoms with van der Waals surface area (Å²) in [5, 5.41) is 0. The fourth-order valence-electron chi connectivity index (χ4n) is 0.790. The Morgan fingerprint density at radius 1 is 1.21 bits per heavy atom. The molecule has 6 heteroatoms. The number of benzene rings is 1. The normalized spacial score (nSPS) is 10.1. The summed E-state index contributed by atoms with van der Waals surface area (Å²) in [6, 6.07) is 7.50. The van der Waals surface area contributed by atoms with Gasteiger partial charge in [0.1, 0.15) is 4.90 Å². The van der Waals surface area contributed by atoms with Crippen molar-refractivity contribution in [2.24, 2.45) is 0 Å². The number of carbonyl (C=O) groups excluding carboxylic acids is 1. The molecule has 0 fully saturated rings. The zero-order valence-electron chi connectivity index (χ0n) is 6.93. The van der Waals surface area contributed by atoms with E-state index < -0.39 is 16.1 Å². The van der Waals surface area contributed by atoms with Crippen LogP contribution in [0.5, 0.6) is 0 Å². The van der Waals surface area contributed by atoms with Gasteiger partial charge in [0.05, 0.1) is 0 Å². The first-order valence-electron chi connectivity index (χ1n) is 3.52. The van der Waals surface area contributed by atoms with Gasteiger partial charge in [-0.2, -0.15) is 8.42 Å². The van der Waals surface area contributed by atoms with Crippen LogP contribution in [-0.4, -0.2) is 43.9 Å². The average molecular weight is 224 g/mol. The van der Waals surface area contributed by atoms with E-state index >= 15 is 0 Å². The number of carbonyl (C=O) groups is 1. The van der Waals surface area contributed by atoms with Crippen molar-refractivity contribution < 1.29 is 17.4 Å². The van der Waals surface area contributed by atoms with Crippen LogP contribution in [0, 0.1) is 0 Å². The molecule has 4 nitrogen and oxygen atoms in total. The molecule has 0 amide bonds. The van der Waals surface area contributed by atoms with Gasteiger partial charge in [0.25, 0.3) is 0 Å². The van der Waals surface area contributed by atoms with Crippen molar-refractivity contribution in [2.45, 2.75) is 11.8 Å². The molecule has 0 saturated heterocycles. The van der Waals surface area contributed by atoms with Crippen LogP contribution in [0.1, 0.15) is 6.92 Å². The zero-order valence-corrected chi connectivity index (χ0v) is 7.74. The Balaban J connectivity index is 0.00000169. The molecule has 0 atom stereocenters. The van der Waals surface area contributed by atoms with E-state index in [9.17, 15) is 13.2 Å². The Morgan fingerprint density at radius 3 is 2.14 bits per heavy atom. The van der Waals surface area contributed by atoms with Crippen molar-refractivity contribution in [3.05, 3.63) is 30.3 Å². The van der Waals surface area contributed by atoms with E-state index in [1.807, 2.05) is 0 Å². The summed E-state index contributed by atoms with van der Waals surface area (Å²) in [5.74, 6) is -0.844. The zero-order chi connectivity index (χ0) is 9.90. The second-order valence-corrected chi connectivity index (χ2v) is 3.89. The molecular formula is C8H9NaO4S. The van der Waals surface area contributed by atoms with Gasteiger partial charge >= 0.3 is 45.6 Å². The molecule has 0 radical (unpaired) electrons. The van der Waals surface area contributed by atoms with Gasteiger partial charge in [0.2, 0.25) is 0 Å². The van der Waals surface area contributed by atoms with Crippen LogP contribution in [0.25, 0.3) is 0 Å². The van der Waals surface area contributed by atoms with E-state index in [4.69, 9.17) is 0 Å². The Kier molecular flexibility index (Phi) is 5.36. The molecule has 0 N–H and O–H groups in total. The number of rotatable bonds is 2. The monoisotopic (exact) mass is 224 g/mol. The van der Waals surface area contributed by atoms with Gasteiger partial charge < -0.3 is 4.18 Å². The van der Waals surface area contributed by atoms with Crippen LogP contribution >= 0.6 is 0 Å². The summed E-state index contributed by atoms with van der Waals surface area (Å²) in [7, 11) is -3.91. The van der Waals surface area contributed by atoms with Crippen molar-refractivity contribution in [2.75, 3.05) is 0 Å². The standard InChI is InChI=1S/C8H8O4S.Na.H/c1-7(9)12-13(10,11)8-5-3-2-4-6-8;;/h2-6H,1H3;;. The van der Waals surface area contributed by atoms with Gasteiger partial charge in [-0.1, -0.05) is 18.2 Å². The van der Waals surface area contributed by atoms with Gasteiger partial charge in [-0.05, 0) is 12.1 Å². The van der Waals surface area contributed by atoms with Gasteiger partial charge in [-0.15, -0.1) is 0 Å². The fraction of sp³-hybridized carbons (Fsp3) is 0.125. The molecular weight excluding hydrogens is 215 g/mol. The van der Waals surface area contributed by atoms with Gasteiger partial charge in [0.15, 0.2) is 0 Å². The third-order valence-corrected chi connectivity index (χ3v) is 2.56. The minimum absolute atomic E-state index is 0. The van der Waals surface area contributed by atoms with Crippen LogP contribution in [0.15, 0.2) is 35.2 Å². The minimum atomic E-state index is -3.91. The Labute approximate surface area is 105 Å². The van der Waals surface area contributed by atoms with E-state index in [-0.39, 0.29) is 34.5 Å². The fourth-order valence-corrected chi connectivity index (χ4v) is 1.69. The molecule has 0 spiro atoms. The van der Waals surface area contributed by atoms with Crippen molar-refractivity contribution >= 4 is 45.6 Å². The van der Waals surface area contributed by atoms with Gasteiger partial charge in [-0.25, -0.2) is 0 Å². The van der Waals surface area contributed by atoms with Crippen LogP contribution in [-0.2, 0) is 19.1 Å². The molecule has 0 aliphatic carbocycles. The van der Waals surface area contributed by atoms with Crippen molar-refractivity contribution in [1.82, 2.24) is 0 Å². The van der Waals surface area contributed by atoms with Crippen LogP contribution in [0.3, 0.4) is 0 Å². The third kappa shape index (κ3) is 3.79. The van der Waals surface area contributed by atoms with E-state index in [2.05, 4.69) is 4.18 Å². The molecule has 0 unspecified atom stereocenters. The van der Waals surface area contributed by atoms with E-state index in [1.165, 1.54) is 12.1 Å². The Morgan fingerprint density at radius 2 is 1.71 bits per heavy atom. The van der Waals surface area contributed by atoms with Crippen LogP contribution in [0.4, 0.5) is 0 Å². The number of hydrogen-bond donors (Lipinski definition) is 0. The summed E-state index contributed by atoms with van der Waals surface area (Å²) in [6.07, 6.45) is 0. The number of hydrogen-bond acceptors (Lipinski definition) is 4. The first-order valence-corrected chi connectivity index (χ1v) is 4.93. The summed E-state index contributed by atoms with van der Waals surface area (Å²) in [6.45, 7) is 1.04. The summed E-state index contributed by atoms with van der Waals surface area (Å²) in [5.41, 5.74) is 0. The van der Waals surface area contributed by atoms with Crippen LogP contribution < -0.4 is 0 Å². The second-order valence-electron chi connectivity index (χ2n) is 2.34. The second kappa shape index (κ2) is 5.50. The van der Waals surface area contributed by atoms with Crippen molar-refractivity contribution in [1.29, 1.82) is 0 Å². The molecule has 72 valence electrons. The van der Waals surface area contributed by atoms with E-state index in [0.717, 1.165) is 6.92 Å². The molecule has 0 aliphatic heterocycles. The first kappa shape index (κ1) is 13.6. The predicted octanol–water partition coefficient (Wildman–Crippen LogP) is 0.290. The van der Waals surface area contributed by atoms with Crippen LogP contribution in [0.2, 0.25) is 0 Å². The maximum atomic E-state index is 11.2. The molecule has 0 heterocycles. The molecule has 0 aliphatic rings. The van der Waals surface area contributed by atoms with E-state index in [1.54, 1.807) is 18.2 Å². The Bertz CT molecular complexity index is 399. The molecule has 0 bridgehead atoms. The van der Waals surface area contributed by atoms with Gasteiger partial charge in [-0.3, -0.25) is 4.79 Å². The average Bonchev–Trinajstić information content (AvgIpc) is 2.04. The van der Waals surface area contributed by atoms with Gasteiger partial charge in [0, 0.05) is 6.92 Å². The van der Waals surface area contributed by atoms with E-state index in [0.29, 0.717) is 0 Å². The topological polar surface area (TPSA) is 60.4 Å². The third-order valence-electron chi connectivity index (χ3n) is 1.26. The summed E-state index contributed by atoms with van der Waals surface area (Å²) in [4.78, 5) is 10.4. The Hall–Kier alpha value is -0.360. The molecule has 1 aromatic rings. The molecule has 14 heavy (non-hydrogen) atoms. The van der Waals surface area contributed by atoms with Crippen molar-refractivity contribution in [3.63, 3.8) is 0 Å². The SMILES string of the molecule is CC(=O)OS(=O)(=O)c1ccccc1.[NaH]. The summed E-state index contributed by atoms with van der Waals surface area (Å²) >= 11 is 0. The molecule has 1 rings (SSSR count). The molecule has 1 aromatic carbocycles. The molecule has 0 aromatic heterocycles. The molecule has 0 saturated carbocycles. The maximum absolute atomic E-state index is 11.2.